The predicted octanol–water partition coefficient (Wildman–Crippen LogP) is 10.0. The fourth-order valence-corrected chi connectivity index (χ4v) is 11.7. The Hall–Kier alpha value is -13.5. The number of aliphatic imine (C=N–C) groups is 4. The second-order valence-electron chi connectivity index (χ2n) is 25.0. The first-order valence-electron chi connectivity index (χ1n) is 33.1. The Kier molecular flexibility index (Phi) is 22.8. The molecule has 0 saturated carbocycles. The van der Waals surface area contributed by atoms with Crippen molar-refractivity contribution < 1.29 is 4.74 Å². The summed E-state index contributed by atoms with van der Waals surface area (Å²) in [5, 5.41) is 11.4. The molecule has 18 rings (SSSR count). The normalized spacial score (nSPS) is 14.8. The van der Waals surface area contributed by atoms with Gasteiger partial charge in [-0.1, -0.05) is 37.5 Å². The molecule has 546 valence electrons. The SMILES string of the molecule is C=C1N=CNn2c(C)ccc21.C=C1NC(N)=NC2C(C)=CC=C12.CC1=CC=C2C(C)=NC(N)=NC12.COc1nc(N)nc2c(C)c[nH]c12.Cc1c[nH]c2c(C)[nH]c(=O)nc12.Cc1c[nH]c2c(N)nc(N)nc12.Cc1c[nH]c2ccc(N)nc12.Cc1nc(Cl)nn2c(C)ccc12.Cc1ncnn2c(C)ccc12. The van der Waals surface area contributed by atoms with E-state index >= 15 is 0 Å². The van der Waals surface area contributed by atoms with Crippen molar-refractivity contribution in [3.63, 3.8) is 0 Å². The van der Waals surface area contributed by atoms with E-state index in [0.29, 0.717) is 34.7 Å². The molecule has 0 fully saturated rings. The number of allylic oxidation sites excluding steroid dienone is 4. The van der Waals surface area contributed by atoms with E-state index in [1.54, 1.807) is 30.4 Å². The van der Waals surface area contributed by atoms with Gasteiger partial charge in [0.25, 0.3) is 0 Å². The Bertz CT molecular complexity index is 5740. The van der Waals surface area contributed by atoms with Crippen LogP contribution in [0.25, 0.3) is 60.9 Å². The van der Waals surface area contributed by atoms with E-state index in [4.69, 9.17) is 50.7 Å². The van der Waals surface area contributed by atoms with E-state index in [9.17, 15) is 4.79 Å². The molecule has 0 bridgehead atoms. The molecule has 3 aliphatic heterocycles. The largest absolute Gasteiger partial charge is 0.479 e. The maximum absolute atomic E-state index is 11.0. The zero-order valence-corrected chi connectivity index (χ0v) is 62.0. The minimum absolute atomic E-state index is 0.110. The highest BCUT2D eigenvalue weighted by Gasteiger charge is 2.27. The molecule has 32 nitrogen and oxygen atoms in total. The molecular weight excluding hydrogens is 1360 g/mol. The van der Waals surface area contributed by atoms with E-state index in [1.807, 2.05) is 166 Å². The van der Waals surface area contributed by atoms with Crippen LogP contribution in [0, 0.1) is 69.2 Å². The highest BCUT2D eigenvalue weighted by atomic mass is 35.5. The highest BCUT2D eigenvalue weighted by Crippen LogP contribution is 2.30. The Morgan fingerprint density at radius 2 is 1.14 bits per heavy atom. The van der Waals surface area contributed by atoms with Crippen molar-refractivity contribution in [2.45, 2.75) is 102 Å². The second kappa shape index (κ2) is 32.2. The van der Waals surface area contributed by atoms with Gasteiger partial charge in [-0.3, -0.25) is 10.1 Å². The summed E-state index contributed by atoms with van der Waals surface area (Å²) in [6, 6.07) is 16.1. The molecule has 19 N–H and O–H groups in total. The number of nitrogens with zero attached hydrogens (tertiary/aromatic N) is 17. The van der Waals surface area contributed by atoms with Gasteiger partial charge in [-0.05, 0) is 184 Å². The van der Waals surface area contributed by atoms with Crippen LogP contribution in [0.4, 0.5) is 23.5 Å². The first-order chi connectivity index (χ1) is 50.5. The third-order valence-electron chi connectivity index (χ3n) is 17.1. The molecule has 2 aliphatic carbocycles. The van der Waals surface area contributed by atoms with Gasteiger partial charge in [0.05, 0.1) is 68.5 Å². The quantitative estimate of drug-likeness (QED) is 0.0726. The summed E-state index contributed by atoms with van der Waals surface area (Å²) in [6.07, 6.45) is 18.9. The third-order valence-corrected chi connectivity index (χ3v) is 17.3. The van der Waals surface area contributed by atoms with Gasteiger partial charge in [0.15, 0.2) is 11.8 Å². The zero-order chi connectivity index (χ0) is 76.5. The smallest absolute Gasteiger partial charge is 0.345 e. The van der Waals surface area contributed by atoms with Crippen molar-refractivity contribution >= 4 is 120 Å². The van der Waals surface area contributed by atoms with Gasteiger partial charge in [-0.2, -0.15) is 20.1 Å². The molecule has 0 aromatic carbocycles. The molecule has 33 heteroatoms. The van der Waals surface area contributed by atoms with Gasteiger partial charge in [-0.15, -0.1) is 5.10 Å². The zero-order valence-electron chi connectivity index (χ0n) is 61.2. The fraction of sp³-hybridized carbons (Fsp3) is 0.219. The number of ether oxygens (including phenoxy) is 1. The minimum Gasteiger partial charge on any atom is -0.479 e. The van der Waals surface area contributed by atoms with Crippen LogP contribution in [0.3, 0.4) is 0 Å². The van der Waals surface area contributed by atoms with Crippen LogP contribution in [-0.2, 0) is 0 Å². The standard InChI is InChI=1S/2C9H11N3.C8H8ClN3.C8H10N4O.C8H9N3O.3C8H9N3.C7H9N5/c2*1-5-3-4-7-6(2)11-9(10)12-8(5)7;1-5-3-4-7-6(2)10-8(9)11-12(5)7;1-4-3-10-6-5(4)11-8(9)12-7(6)13-2;1-4-3-9-7-5(2)10-8(12)11-6(4)7;2*1-6-3-4-8-7(2)9-5-10-11(6)8;1-5-4-10-6-2-3-7(9)11-8(5)6;1-3-2-10-5-4(3)11-7(9)12-6(5)8/h3-4,8H,1-2H3,(H2,10,12);3-4,8H,2H2,1H3,(H3,10,11,12);3-4H,1-2H3;3,10H,1-2H3,(H2,9,11,12);3,9H,1-2H3,(H,10,11,12);3-5H,1-2H3;3-5H,2H2,1H3,(H,9,10);2-4,10H,1H3,(H2,9,11);2,10H,1H3,(H4,8,9,11,12). The Labute approximate surface area is 613 Å². The summed E-state index contributed by atoms with van der Waals surface area (Å²) < 4.78 is 10.7. The van der Waals surface area contributed by atoms with Gasteiger partial charge in [0, 0.05) is 70.1 Å². The number of rotatable bonds is 1. The lowest BCUT2D eigenvalue weighted by Crippen LogP contribution is -2.38. The summed E-state index contributed by atoms with van der Waals surface area (Å²) in [6.45, 7) is 33.3. The number of anilines is 4. The monoisotopic (exact) mass is 1450 g/mol. The van der Waals surface area contributed by atoms with Crippen LogP contribution < -0.4 is 55.6 Å². The molecular formula is C73H85ClN30O2. The maximum Gasteiger partial charge on any atom is 0.345 e. The number of nitrogens with two attached hydrogens (primary N) is 6. The van der Waals surface area contributed by atoms with Crippen molar-refractivity contribution in [3.8, 4) is 5.88 Å². The first kappa shape index (κ1) is 75.2. The lowest BCUT2D eigenvalue weighted by atomic mass is 10.0. The number of methoxy groups -OCH3 is 1. The third kappa shape index (κ3) is 17.0. The van der Waals surface area contributed by atoms with E-state index in [0.717, 1.165) is 140 Å². The lowest BCUT2D eigenvalue weighted by Gasteiger charge is -2.22. The summed E-state index contributed by atoms with van der Waals surface area (Å²) in [4.78, 5) is 74.5. The molecule has 13 aromatic rings. The molecule has 2 unspecified atom stereocenters. The molecule has 2 atom stereocenters. The average Bonchev–Trinajstić information content (AvgIpc) is 1.67. The number of guanidine groups is 2. The predicted molar refractivity (Wildman–Crippen MR) is 424 cm³/mol. The molecule has 5 aliphatic rings. The Morgan fingerprint density at radius 3 is 1.80 bits per heavy atom. The number of hydrogen-bond acceptors (Lipinski definition) is 24. The van der Waals surface area contributed by atoms with Crippen LogP contribution in [0.5, 0.6) is 5.88 Å². The highest BCUT2D eigenvalue weighted by molar-refractivity contribution is 6.28. The van der Waals surface area contributed by atoms with E-state index in [1.165, 1.54) is 16.7 Å². The van der Waals surface area contributed by atoms with Crippen molar-refractivity contribution in [2.75, 3.05) is 35.5 Å². The molecule has 0 amide bonds. The number of H-pyrrole nitrogens is 5. The molecule has 0 radical (unpaired) electrons. The van der Waals surface area contributed by atoms with Crippen molar-refractivity contribution in [3.05, 3.63) is 223 Å². The number of aromatic amines is 5. The number of halogens is 1. The van der Waals surface area contributed by atoms with E-state index < -0.39 is 0 Å². The van der Waals surface area contributed by atoms with Crippen LogP contribution in [0.15, 0.2) is 170 Å². The molecule has 106 heavy (non-hydrogen) atoms. The summed E-state index contributed by atoms with van der Waals surface area (Å²) in [5.41, 5.74) is 63.6. The summed E-state index contributed by atoms with van der Waals surface area (Å²) in [5.74, 6) is 2.73. The Morgan fingerprint density at radius 1 is 0.566 bits per heavy atom. The van der Waals surface area contributed by atoms with Crippen LogP contribution in [0.1, 0.15) is 82.9 Å². The van der Waals surface area contributed by atoms with Crippen molar-refractivity contribution in [2.24, 2.45) is 31.4 Å². The topological polar surface area (TPSA) is 478 Å². The van der Waals surface area contributed by atoms with Crippen molar-refractivity contribution in [1.29, 1.82) is 0 Å². The average molecular weight is 1450 g/mol. The number of hydrogen-bond donors (Lipinski definition) is 13. The fourth-order valence-electron chi connectivity index (χ4n) is 11.5. The lowest BCUT2D eigenvalue weighted by molar-refractivity contribution is 0.402. The van der Waals surface area contributed by atoms with Gasteiger partial charge in [0.1, 0.15) is 47.1 Å². The number of nitrogen functional groups attached to an aromatic ring is 4. The number of nitrogens with one attached hydrogen (secondary N) is 7. The molecule has 0 saturated heterocycles. The molecule has 13 aromatic heterocycles. The second-order valence-corrected chi connectivity index (χ2v) is 25.3. The summed E-state index contributed by atoms with van der Waals surface area (Å²) in [7, 11) is 1.55. The maximum atomic E-state index is 11.0. The number of aromatic nitrogens is 18. The minimum atomic E-state index is -0.289. The molecule has 0 spiro atoms. The van der Waals surface area contributed by atoms with E-state index in [-0.39, 0.29) is 29.7 Å². The number of aryl methyl sites for hydroxylation is 10. The summed E-state index contributed by atoms with van der Waals surface area (Å²) >= 11 is 5.71. The van der Waals surface area contributed by atoms with Crippen LogP contribution >= 0.6 is 11.6 Å². The number of fused-ring (bicyclic) bond motifs is 9. The Balaban J connectivity index is 0.000000128. The first-order valence-corrected chi connectivity index (χ1v) is 33.5. The van der Waals surface area contributed by atoms with Gasteiger partial charge in [-0.25, -0.2) is 58.7 Å². The number of pyridine rings is 1. The van der Waals surface area contributed by atoms with Gasteiger partial charge < -0.3 is 69.4 Å². The van der Waals surface area contributed by atoms with Crippen molar-refractivity contribution in [1.82, 2.24) is 94.0 Å². The van der Waals surface area contributed by atoms with Crippen LogP contribution in [0.2, 0.25) is 5.28 Å². The van der Waals surface area contributed by atoms with Crippen LogP contribution in [-0.4, -0.2) is 132 Å². The molecule has 16 heterocycles. The van der Waals surface area contributed by atoms with Gasteiger partial charge >= 0.3 is 5.69 Å². The van der Waals surface area contributed by atoms with Gasteiger partial charge in [0.2, 0.25) is 29.0 Å². The van der Waals surface area contributed by atoms with E-state index in [2.05, 4.69) is 144 Å².